The van der Waals surface area contributed by atoms with Crippen LogP contribution in [0.3, 0.4) is 0 Å². The molecular formula is C21H20N6O. The van der Waals surface area contributed by atoms with Crippen LogP contribution in [-0.2, 0) is 0 Å². The molecule has 0 saturated heterocycles. The molecule has 0 aliphatic rings. The minimum atomic E-state index is 0.431. The maximum Gasteiger partial charge on any atom is 0.227 e. The zero-order valence-corrected chi connectivity index (χ0v) is 15.5. The Balaban J connectivity index is 1.68. The summed E-state index contributed by atoms with van der Waals surface area (Å²) < 4.78 is 5.73. The Bertz CT molecular complexity index is 1100. The second-order valence-corrected chi connectivity index (χ2v) is 6.39. The van der Waals surface area contributed by atoms with E-state index in [9.17, 15) is 0 Å². The standard InChI is InChI=1S/C21H20N6O/c1-14-2-3-20-16(6-14)12-25-21(27-20)26-18-7-15(17-10-23-13-24-11-17)8-19(9-18)28-5-4-22/h2-3,6-13H,4-5,22H2,1H3,(H,25,26,27). The number of ether oxygens (including phenoxy) is 1. The van der Waals surface area contributed by atoms with Crippen LogP contribution in [0.2, 0.25) is 0 Å². The Morgan fingerprint density at radius 2 is 1.86 bits per heavy atom. The Labute approximate surface area is 162 Å². The van der Waals surface area contributed by atoms with E-state index in [1.807, 2.05) is 43.5 Å². The summed E-state index contributed by atoms with van der Waals surface area (Å²) in [7, 11) is 0. The first-order chi connectivity index (χ1) is 13.7. The van der Waals surface area contributed by atoms with E-state index in [-0.39, 0.29) is 0 Å². The summed E-state index contributed by atoms with van der Waals surface area (Å²) in [5.74, 6) is 1.22. The topological polar surface area (TPSA) is 98.8 Å². The summed E-state index contributed by atoms with van der Waals surface area (Å²) in [6, 6.07) is 11.9. The second kappa shape index (κ2) is 7.98. The number of anilines is 2. The predicted molar refractivity (Wildman–Crippen MR) is 110 cm³/mol. The first kappa shape index (κ1) is 17.8. The second-order valence-electron chi connectivity index (χ2n) is 6.39. The quantitative estimate of drug-likeness (QED) is 0.534. The van der Waals surface area contributed by atoms with Crippen molar-refractivity contribution in [1.82, 2.24) is 19.9 Å². The molecule has 0 saturated carbocycles. The van der Waals surface area contributed by atoms with Gasteiger partial charge in [0.15, 0.2) is 0 Å². The smallest absolute Gasteiger partial charge is 0.227 e. The molecule has 7 heteroatoms. The third-order valence-corrected chi connectivity index (χ3v) is 4.18. The van der Waals surface area contributed by atoms with Crippen LogP contribution in [0.5, 0.6) is 5.75 Å². The number of nitrogens with zero attached hydrogens (tertiary/aromatic N) is 4. The molecule has 28 heavy (non-hydrogen) atoms. The number of nitrogens with one attached hydrogen (secondary N) is 1. The number of fused-ring (bicyclic) bond motifs is 1. The first-order valence-corrected chi connectivity index (χ1v) is 8.95. The van der Waals surface area contributed by atoms with Crippen molar-refractivity contribution in [2.45, 2.75) is 6.92 Å². The number of hydrogen-bond donors (Lipinski definition) is 2. The highest BCUT2D eigenvalue weighted by molar-refractivity contribution is 5.80. The van der Waals surface area contributed by atoms with E-state index in [4.69, 9.17) is 10.5 Å². The lowest BCUT2D eigenvalue weighted by Gasteiger charge is -2.12. The van der Waals surface area contributed by atoms with Gasteiger partial charge in [-0.2, -0.15) is 0 Å². The van der Waals surface area contributed by atoms with E-state index in [0.29, 0.717) is 24.8 Å². The van der Waals surface area contributed by atoms with Crippen LogP contribution in [0.15, 0.2) is 61.3 Å². The molecule has 0 bridgehead atoms. The largest absolute Gasteiger partial charge is 0.492 e. The molecule has 0 atom stereocenters. The highest BCUT2D eigenvalue weighted by Crippen LogP contribution is 2.29. The van der Waals surface area contributed by atoms with Gasteiger partial charge in [-0.25, -0.2) is 19.9 Å². The van der Waals surface area contributed by atoms with E-state index in [0.717, 1.165) is 27.7 Å². The van der Waals surface area contributed by atoms with Gasteiger partial charge in [-0.05, 0) is 36.8 Å². The number of aryl methyl sites for hydroxylation is 1. The van der Waals surface area contributed by atoms with E-state index < -0.39 is 0 Å². The first-order valence-electron chi connectivity index (χ1n) is 8.95. The summed E-state index contributed by atoms with van der Waals surface area (Å²) in [6.07, 6.45) is 6.84. The average molecular weight is 372 g/mol. The van der Waals surface area contributed by atoms with Gasteiger partial charge in [-0.15, -0.1) is 0 Å². The average Bonchev–Trinajstić information content (AvgIpc) is 2.73. The zero-order valence-electron chi connectivity index (χ0n) is 15.5. The highest BCUT2D eigenvalue weighted by Gasteiger charge is 2.07. The van der Waals surface area contributed by atoms with Crippen LogP contribution < -0.4 is 15.8 Å². The fourth-order valence-electron chi connectivity index (χ4n) is 2.89. The molecule has 4 rings (SSSR count). The highest BCUT2D eigenvalue weighted by atomic mass is 16.5. The van der Waals surface area contributed by atoms with Crippen LogP contribution in [0.25, 0.3) is 22.0 Å². The molecule has 0 amide bonds. The van der Waals surface area contributed by atoms with Crippen molar-refractivity contribution in [3.05, 3.63) is 66.9 Å². The molecular weight excluding hydrogens is 352 g/mol. The summed E-state index contributed by atoms with van der Waals surface area (Å²) in [4.78, 5) is 17.2. The zero-order chi connectivity index (χ0) is 19.3. The van der Waals surface area contributed by atoms with Crippen molar-refractivity contribution in [2.75, 3.05) is 18.5 Å². The van der Waals surface area contributed by atoms with E-state index >= 15 is 0 Å². The maximum atomic E-state index is 5.73. The van der Waals surface area contributed by atoms with Gasteiger partial charge < -0.3 is 15.8 Å². The third kappa shape index (κ3) is 4.05. The summed E-state index contributed by atoms with van der Waals surface area (Å²) in [5, 5.41) is 4.27. The molecule has 0 aliphatic carbocycles. The minimum Gasteiger partial charge on any atom is -0.492 e. The monoisotopic (exact) mass is 372 g/mol. The van der Waals surface area contributed by atoms with Crippen LogP contribution in [-0.4, -0.2) is 33.1 Å². The maximum absolute atomic E-state index is 5.73. The number of hydrogen-bond acceptors (Lipinski definition) is 7. The Hall–Kier alpha value is -3.58. The van der Waals surface area contributed by atoms with Gasteiger partial charge in [0.25, 0.3) is 0 Å². The number of aromatic nitrogens is 4. The molecule has 4 aromatic rings. The minimum absolute atomic E-state index is 0.431. The van der Waals surface area contributed by atoms with Crippen LogP contribution in [0.4, 0.5) is 11.6 Å². The molecule has 0 fully saturated rings. The number of benzene rings is 2. The molecule has 2 aromatic carbocycles. The Morgan fingerprint density at radius 3 is 2.68 bits per heavy atom. The van der Waals surface area contributed by atoms with E-state index in [1.165, 1.54) is 11.9 Å². The molecule has 140 valence electrons. The van der Waals surface area contributed by atoms with Crippen LogP contribution >= 0.6 is 0 Å². The van der Waals surface area contributed by atoms with Gasteiger partial charge >= 0.3 is 0 Å². The van der Waals surface area contributed by atoms with Gasteiger partial charge in [-0.3, -0.25) is 0 Å². The van der Waals surface area contributed by atoms with Gasteiger partial charge in [0.05, 0.1) is 5.52 Å². The molecule has 7 nitrogen and oxygen atoms in total. The molecule has 0 aliphatic heterocycles. The lowest BCUT2D eigenvalue weighted by Crippen LogP contribution is -2.10. The fourth-order valence-corrected chi connectivity index (χ4v) is 2.89. The Kier molecular flexibility index (Phi) is 5.07. The van der Waals surface area contributed by atoms with Crippen molar-refractivity contribution in [3.8, 4) is 16.9 Å². The van der Waals surface area contributed by atoms with E-state index in [1.54, 1.807) is 12.4 Å². The molecule has 0 spiro atoms. The third-order valence-electron chi connectivity index (χ3n) is 4.18. The molecule has 0 unspecified atom stereocenters. The number of rotatable bonds is 6. The van der Waals surface area contributed by atoms with Gasteiger partial charge in [0, 0.05) is 47.8 Å². The van der Waals surface area contributed by atoms with Crippen LogP contribution in [0.1, 0.15) is 5.56 Å². The summed E-state index contributed by atoms with van der Waals surface area (Å²) in [5.41, 5.74) is 10.2. The summed E-state index contributed by atoms with van der Waals surface area (Å²) in [6.45, 7) is 2.92. The SMILES string of the molecule is Cc1ccc2nc(Nc3cc(OCCN)cc(-c4cncnc4)c3)ncc2c1. The molecule has 2 aromatic heterocycles. The fraction of sp³-hybridized carbons (Fsp3) is 0.143. The molecule has 3 N–H and O–H groups in total. The summed E-state index contributed by atoms with van der Waals surface area (Å²) >= 11 is 0. The van der Waals surface area contributed by atoms with Crippen molar-refractivity contribution < 1.29 is 4.74 Å². The lowest BCUT2D eigenvalue weighted by atomic mass is 10.1. The van der Waals surface area contributed by atoms with Crippen LogP contribution in [0, 0.1) is 6.92 Å². The van der Waals surface area contributed by atoms with Gasteiger partial charge in [0.2, 0.25) is 5.95 Å². The lowest BCUT2D eigenvalue weighted by molar-refractivity contribution is 0.328. The predicted octanol–water partition coefficient (Wildman–Crippen LogP) is 3.48. The van der Waals surface area contributed by atoms with Crippen molar-refractivity contribution in [2.24, 2.45) is 5.73 Å². The molecule has 0 radical (unpaired) electrons. The van der Waals surface area contributed by atoms with Crippen molar-refractivity contribution in [1.29, 1.82) is 0 Å². The van der Waals surface area contributed by atoms with E-state index in [2.05, 4.69) is 31.3 Å². The number of nitrogens with two attached hydrogens (primary N) is 1. The Morgan fingerprint density at radius 1 is 1.00 bits per heavy atom. The molecule has 2 heterocycles. The van der Waals surface area contributed by atoms with Gasteiger partial charge in [-0.1, -0.05) is 11.6 Å². The van der Waals surface area contributed by atoms with Gasteiger partial charge in [0.1, 0.15) is 18.7 Å². The normalized spacial score (nSPS) is 10.8. The van der Waals surface area contributed by atoms with Crippen molar-refractivity contribution in [3.63, 3.8) is 0 Å². The van der Waals surface area contributed by atoms with Crippen molar-refractivity contribution >= 4 is 22.5 Å².